The lowest BCUT2D eigenvalue weighted by Crippen LogP contribution is -2.30. The number of benzene rings is 2. The Labute approximate surface area is 125 Å². The lowest BCUT2D eigenvalue weighted by atomic mass is 10.0. The van der Waals surface area contributed by atoms with Gasteiger partial charge >= 0.3 is 0 Å². The highest BCUT2D eigenvalue weighted by Gasteiger charge is 2.19. The number of likely N-dealkylation sites (N-methyl/N-ethyl adjacent to an activating group) is 1. The molecule has 1 unspecified atom stereocenters. The molecule has 2 N–H and O–H groups in total. The van der Waals surface area contributed by atoms with Gasteiger partial charge in [-0.25, -0.2) is 8.78 Å². The monoisotopic (exact) mass is 340 g/mol. The minimum absolute atomic E-state index is 0.174. The third-order valence-corrected chi connectivity index (χ3v) is 3.91. The van der Waals surface area contributed by atoms with Crippen molar-refractivity contribution in [2.24, 2.45) is 5.73 Å². The highest BCUT2D eigenvalue weighted by atomic mass is 79.9. The predicted octanol–water partition coefficient (Wildman–Crippen LogP) is 3.86. The Morgan fingerprint density at radius 1 is 1.15 bits per heavy atom. The van der Waals surface area contributed by atoms with Crippen molar-refractivity contribution in [3.8, 4) is 0 Å². The molecule has 0 aliphatic heterocycles. The highest BCUT2D eigenvalue weighted by Crippen LogP contribution is 2.30. The average molecular weight is 341 g/mol. The number of nitrogens with zero attached hydrogens (tertiary/aromatic N) is 1. The van der Waals surface area contributed by atoms with E-state index < -0.39 is 0 Å². The molecule has 1 atom stereocenters. The van der Waals surface area contributed by atoms with Crippen LogP contribution in [0.15, 0.2) is 46.9 Å². The second-order valence-corrected chi connectivity index (χ2v) is 5.36. The quantitative estimate of drug-likeness (QED) is 0.915. The van der Waals surface area contributed by atoms with Gasteiger partial charge in [0.1, 0.15) is 11.6 Å². The molecule has 0 aromatic heterocycles. The summed E-state index contributed by atoms with van der Waals surface area (Å²) in [6.45, 7) is 0.331. The third kappa shape index (κ3) is 3.16. The first-order chi connectivity index (χ1) is 9.52. The van der Waals surface area contributed by atoms with E-state index in [1.54, 1.807) is 12.1 Å². The van der Waals surface area contributed by atoms with Crippen molar-refractivity contribution in [1.82, 2.24) is 0 Å². The summed E-state index contributed by atoms with van der Waals surface area (Å²) in [5, 5.41) is 0. The van der Waals surface area contributed by atoms with Gasteiger partial charge in [-0.2, -0.15) is 0 Å². The zero-order chi connectivity index (χ0) is 14.7. The summed E-state index contributed by atoms with van der Waals surface area (Å²) in [6.07, 6.45) is 0. The lowest BCUT2D eigenvalue weighted by molar-refractivity contribution is 0.617. The molecule has 0 radical (unpaired) electrons. The van der Waals surface area contributed by atoms with Gasteiger partial charge in [0.05, 0.1) is 6.04 Å². The fourth-order valence-corrected chi connectivity index (χ4v) is 2.76. The Morgan fingerprint density at radius 2 is 1.85 bits per heavy atom. The largest absolute Gasteiger partial charge is 0.366 e. The Morgan fingerprint density at radius 3 is 2.45 bits per heavy atom. The van der Waals surface area contributed by atoms with E-state index in [0.717, 1.165) is 11.3 Å². The van der Waals surface area contributed by atoms with Crippen molar-refractivity contribution in [3.05, 3.63) is 64.1 Å². The summed E-state index contributed by atoms with van der Waals surface area (Å²) in [6, 6.07) is 10.6. The molecule has 5 heteroatoms. The van der Waals surface area contributed by atoms with Crippen LogP contribution in [-0.2, 0) is 0 Å². The smallest absolute Gasteiger partial charge is 0.125 e. The molecule has 2 aromatic carbocycles. The van der Waals surface area contributed by atoms with Gasteiger partial charge < -0.3 is 10.6 Å². The summed E-state index contributed by atoms with van der Waals surface area (Å²) < 4.78 is 27.1. The fraction of sp³-hybridized carbons (Fsp3) is 0.200. The summed E-state index contributed by atoms with van der Waals surface area (Å²) >= 11 is 3.35. The molecular formula is C15H15BrF2N2. The molecule has 0 fully saturated rings. The molecule has 20 heavy (non-hydrogen) atoms. The molecule has 0 amide bonds. The minimum Gasteiger partial charge on any atom is -0.366 e. The number of hydrogen-bond donors (Lipinski definition) is 1. The van der Waals surface area contributed by atoms with Gasteiger partial charge in [-0.1, -0.05) is 28.1 Å². The van der Waals surface area contributed by atoms with Crippen LogP contribution in [0.3, 0.4) is 0 Å². The van der Waals surface area contributed by atoms with Gasteiger partial charge in [-0.05, 0) is 35.9 Å². The van der Waals surface area contributed by atoms with Gasteiger partial charge in [0, 0.05) is 23.8 Å². The van der Waals surface area contributed by atoms with E-state index in [-0.39, 0.29) is 17.7 Å². The number of anilines is 1. The average Bonchev–Trinajstić information content (AvgIpc) is 2.41. The van der Waals surface area contributed by atoms with Crippen LogP contribution in [0.2, 0.25) is 0 Å². The first kappa shape index (κ1) is 14.9. The predicted molar refractivity (Wildman–Crippen MR) is 80.7 cm³/mol. The molecule has 0 aliphatic carbocycles. The fourth-order valence-electron chi connectivity index (χ4n) is 2.14. The number of nitrogens with two attached hydrogens (primary N) is 1. The number of hydrogen-bond acceptors (Lipinski definition) is 2. The molecule has 2 aromatic rings. The van der Waals surface area contributed by atoms with Crippen LogP contribution in [0.1, 0.15) is 11.6 Å². The topological polar surface area (TPSA) is 29.3 Å². The van der Waals surface area contributed by atoms with E-state index in [9.17, 15) is 8.78 Å². The van der Waals surface area contributed by atoms with E-state index in [1.807, 2.05) is 18.0 Å². The molecule has 0 saturated heterocycles. The first-order valence-corrected chi connectivity index (χ1v) is 6.95. The molecule has 2 rings (SSSR count). The molecule has 0 bridgehead atoms. The van der Waals surface area contributed by atoms with Crippen molar-refractivity contribution < 1.29 is 8.78 Å². The van der Waals surface area contributed by atoms with Crippen LogP contribution in [0, 0.1) is 11.6 Å². The maximum absolute atomic E-state index is 13.3. The summed E-state index contributed by atoms with van der Waals surface area (Å²) in [7, 11) is 1.84. The Kier molecular flexibility index (Phi) is 4.73. The SMILES string of the molecule is CN(c1cccc(F)c1)C(CN)c1ccc(F)cc1Br. The Balaban J connectivity index is 2.36. The number of halogens is 3. The van der Waals surface area contributed by atoms with Gasteiger partial charge in [0.2, 0.25) is 0 Å². The van der Waals surface area contributed by atoms with Gasteiger partial charge in [-0.15, -0.1) is 0 Å². The number of rotatable bonds is 4. The Hall–Kier alpha value is -1.46. The zero-order valence-electron chi connectivity index (χ0n) is 11.0. The first-order valence-electron chi connectivity index (χ1n) is 6.16. The van der Waals surface area contributed by atoms with E-state index in [1.165, 1.54) is 24.3 Å². The van der Waals surface area contributed by atoms with E-state index in [4.69, 9.17) is 5.73 Å². The van der Waals surface area contributed by atoms with Crippen molar-refractivity contribution in [1.29, 1.82) is 0 Å². The van der Waals surface area contributed by atoms with Crippen LogP contribution in [0.25, 0.3) is 0 Å². The normalized spacial score (nSPS) is 12.2. The van der Waals surface area contributed by atoms with Crippen molar-refractivity contribution in [2.75, 3.05) is 18.5 Å². The third-order valence-electron chi connectivity index (χ3n) is 3.23. The molecule has 0 saturated carbocycles. The summed E-state index contributed by atoms with van der Waals surface area (Å²) in [5.41, 5.74) is 7.42. The van der Waals surface area contributed by atoms with Crippen molar-refractivity contribution in [2.45, 2.75) is 6.04 Å². The lowest BCUT2D eigenvalue weighted by Gasteiger charge is -2.30. The summed E-state index contributed by atoms with van der Waals surface area (Å²) in [4.78, 5) is 1.88. The highest BCUT2D eigenvalue weighted by molar-refractivity contribution is 9.10. The second-order valence-electron chi connectivity index (χ2n) is 4.51. The standard InChI is InChI=1S/C15H15BrF2N2/c1-20(12-4-2-3-10(17)7-12)15(9-19)13-6-5-11(18)8-14(13)16/h2-8,15H,9,19H2,1H3. The van der Waals surface area contributed by atoms with Gasteiger partial charge in [0.25, 0.3) is 0 Å². The maximum atomic E-state index is 13.3. The molecule has 0 spiro atoms. The summed E-state index contributed by atoms with van der Waals surface area (Å²) in [5.74, 6) is -0.618. The maximum Gasteiger partial charge on any atom is 0.125 e. The second kappa shape index (κ2) is 6.33. The molecule has 106 valence electrons. The molecule has 2 nitrogen and oxygen atoms in total. The van der Waals surface area contributed by atoms with Crippen LogP contribution in [0.5, 0.6) is 0 Å². The molecule has 0 heterocycles. The van der Waals surface area contributed by atoms with Crippen molar-refractivity contribution >= 4 is 21.6 Å². The van der Waals surface area contributed by atoms with E-state index >= 15 is 0 Å². The van der Waals surface area contributed by atoms with Crippen molar-refractivity contribution in [3.63, 3.8) is 0 Å². The van der Waals surface area contributed by atoms with E-state index in [2.05, 4.69) is 15.9 Å². The molecular weight excluding hydrogens is 326 g/mol. The Bertz CT molecular complexity index is 604. The van der Waals surface area contributed by atoms with Crippen LogP contribution in [-0.4, -0.2) is 13.6 Å². The van der Waals surface area contributed by atoms with Crippen LogP contribution in [0.4, 0.5) is 14.5 Å². The molecule has 0 aliphatic rings. The van der Waals surface area contributed by atoms with Gasteiger partial charge in [0.15, 0.2) is 0 Å². The van der Waals surface area contributed by atoms with Gasteiger partial charge in [-0.3, -0.25) is 0 Å². The zero-order valence-corrected chi connectivity index (χ0v) is 12.6. The van der Waals surface area contributed by atoms with E-state index in [0.29, 0.717) is 11.0 Å². The van der Waals surface area contributed by atoms with Crippen LogP contribution >= 0.6 is 15.9 Å². The van der Waals surface area contributed by atoms with Crippen LogP contribution < -0.4 is 10.6 Å². The minimum atomic E-state index is -0.315.